The molecule has 0 atom stereocenters. The molecule has 3 aromatic rings. The van der Waals surface area contributed by atoms with E-state index in [0.717, 1.165) is 11.1 Å². The van der Waals surface area contributed by atoms with Crippen LogP contribution in [-0.4, -0.2) is 48.8 Å². The second-order valence-corrected chi connectivity index (χ2v) is 6.46. The van der Waals surface area contributed by atoms with Crippen molar-refractivity contribution in [3.05, 3.63) is 53.9 Å². The van der Waals surface area contributed by atoms with Crippen LogP contribution in [-0.2, 0) is 11.3 Å². The summed E-state index contributed by atoms with van der Waals surface area (Å²) in [5.74, 6) is 2.23. The van der Waals surface area contributed by atoms with Gasteiger partial charge in [-0.05, 0) is 6.92 Å². The molecule has 0 aliphatic carbocycles. The third-order valence-corrected chi connectivity index (χ3v) is 4.26. The number of amides is 1. The molecule has 0 bridgehead atoms. The van der Waals surface area contributed by atoms with Crippen LogP contribution in [0.5, 0.6) is 17.2 Å². The number of carbonyl (C=O) groups is 1. The van der Waals surface area contributed by atoms with Gasteiger partial charge in [0.1, 0.15) is 17.2 Å². The zero-order valence-electron chi connectivity index (χ0n) is 16.8. The maximum Gasteiger partial charge on any atom is 0.260 e. The van der Waals surface area contributed by atoms with Crippen LogP contribution in [0.3, 0.4) is 0 Å². The number of aryl methyl sites for hydroxylation is 1. The summed E-state index contributed by atoms with van der Waals surface area (Å²) >= 11 is 0. The monoisotopic (exact) mass is 397 g/mol. The van der Waals surface area contributed by atoms with Gasteiger partial charge in [0.05, 0.1) is 20.8 Å². The fraction of sp³-hybridized carbons (Fsp3) is 0.286. The van der Waals surface area contributed by atoms with Crippen LogP contribution in [0.2, 0.25) is 0 Å². The summed E-state index contributed by atoms with van der Waals surface area (Å²) in [5.41, 5.74) is 2.01. The molecule has 0 radical (unpaired) electrons. The fourth-order valence-corrected chi connectivity index (χ4v) is 2.55. The van der Waals surface area contributed by atoms with Crippen molar-refractivity contribution < 1.29 is 23.5 Å². The molecule has 29 heavy (non-hydrogen) atoms. The van der Waals surface area contributed by atoms with E-state index in [1.54, 1.807) is 39.5 Å². The Kier molecular flexibility index (Phi) is 6.33. The molecule has 0 saturated heterocycles. The molecule has 1 heterocycles. The van der Waals surface area contributed by atoms with Gasteiger partial charge < -0.3 is 23.6 Å². The van der Waals surface area contributed by atoms with E-state index in [1.807, 2.05) is 31.2 Å². The van der Waals surface area contributed by atoms with Crippen LogP contribution in [0.15, 0.2) is 47.0 Å². The lowest BCUT2D eigenvalue weighted by Gasteiger charge is -2.15. The van der Waals surface area contributed by atoms with Gasteiger partial charge in [-0.15, -0.1) is 0 Å². The lowest BCUT2D eigenvalue weighted by Crippen LogP contribution is -2.31. The minimum Gasteiger partial charge on any atom is -0.496 e. The first kappa shape index (κ1) is 20.2. The van der Waals surface area contributed by atoms with Gasteiger partial charge in [-0.2, -0.15) is 4.98 Å². The predicted molar refractivity (Wildman–Crippen MR) is 106 cm³/mol. The van der Waals surface area contributed by atoms with Crippen molar-refractivity contribution in [3.8, 4) is 28.6 Å². The third kappa shape index (κ3) is 5.25. The van der Waals surface area contributed by atoms with Gasteiger partial charge in [0.15, 0.2) is 6.61 Å². The Labute approximate surface area is 169 Å². The van der Waals surface area contributed by atoms with E-state index in [-0.39, 0.29) is 19.1 Å². The molecule has 2 aromatic carbocycles. The number of likely N-dealkylation sites (N-methyl/N-ethyl adjacent to an activating group) is 1. The first-order valence-corrected chi connectivity index (χ1v) is 8.98. The van der Waals surface area contributed by atoms with E-state index >= 15 is 0 Å². The number of methoxy groups -OCH3 is 2. The minimum atomic E-state index is -0.234. The number of nitrogens with zero attached hydrogens (tertiary/aromatic N) is 3. The van der Waals surface area contributed by atoms with E-state index < -0.39 is 0 Å². The molecule has 0 fully saturated rings. The first-order chi connectivity index (χ1) is 14.0. The van der Waals surface area contributed by atoms with Gasteiger partial charge >= 0.3 is 0 Å². The molecule has 0 aliphatic rings. The summed E-state index contributed by atoms with van der Waals surface area (Å²) in [6.07, 6.45) is 0. The van der Waals surface area contributed by atoms with Crippen molar-refractivity contribution in [2.75, 3.05) is 27.9 Å². The Morgan fingerprint density at radius 3 is 2.28 bits per heavy atom. The molecular weight excluding hydrogens is 374 g/mol. The highest BCUT2D eigenvalue weighted by atomic mass is 16.5. The van der Waals surface area contributed by atoms with Crippen LogP contribution in [0, 0.1) is 6.92 Å². The number of hydrogen-bond donors (Lipinski definition) is 0. The predicted octanol–water partition coefficient (Wildman–Crippen LogP) is 3.10. The summed E-state index contributed by atoms with van der Waals surface area (Å²) in [6.45, 7) is 2.05. The Hall–Kier alpha value is -3.55. The maximum absolute atomic E-state index is 12.4. The zero-order chi connectivity index (χ0) is 20.8. The quantitative estimate of drug-likeness (QED) is 0.577. The normalized spacial score (nSPS) is 10.5. The van der Waals surface area contributed by atoms with E-state index in [9.17, 15) is 4.79 Å². The summed E-state index contributed by atoms with van der Waals surface area (Å²) in [6, 6.07) is 12.9. The molecule has 152 valence electrons. The summed E-state index contributed by atoms with van der Waals surface area (Å²) in [7, 11) is 4.74. The topological polar surface area (TPSA) is 86.9 Å². The maximum atomic E-state index is 12.4. The minimum absolute atomic E-state index is 0.147. The Morgan fingerprint density at radius 1 is 1.03 bits per heavy atom. The highest BCUT2D eigenvalue weighted by Crippen LogP contribution is 2.27. The number of hydrogen-bond acceptors (Lipinski definition) is 7. The van der Waals surface area contributed by atoms with Crippen LogP contribution < -0.4 is 14.2 Å². The highest BCUT2D eigenvalue weighted by Gasteiger charge is 2.16. The van der Waals surface area contributed by atoms with Gasteiger partial charge in [0, 0.05) is 30.8 Å². The van der Waals surface area contributed by atoms with Crippen LogP contribution >= 0.6 is 0 Å². The zero-order valence-corrected chi connectivity index (χ0v) is 16.8. The number of carbonyl (C=O) groups excluding carboxylic acids is 1. The average Bonchev–Trinajstić information content (AvgIpc) is 3.20. The SMILES string of the molecule is COc1cc(OC)cc(OCC(=O)N(C)Cc2nc(-c3ccc(C)cc3)no2)c1. The van der Waals surface area contributed by atoms with Crippen LogP contribution in [0.4, 0.5) is 0 Å². The fourth-order valence-electron chi connectivity index (χ4n) is 2.55. The van der Waals surface area contributed by atoms with Gasteiger partial charge in [-0.1, -0.05) is 35.0 Å². The second-order valence-electron chi connectivity index (χ2n) is 6.46. The molecule has 3 rings (SSSR count). The first-order valence-electron chi connectivity index (χ1n) is 8.98. The van der Waals surface area contributed by atoms with Crippen molar-refractivity contribution in [2.24, 2.45) is 0 Å². The number of aromatic nitrogens is 2. The Balaban J connectivity index is 1.58. The standard InChI is InChI=1S/C21H23N3O5/c1-14-5-7-15(8-6-14)21-22-19(29-23-21)12-24(2)20(25)13-28-18-10-16(26-3)9-17(11-18)27-4/h5-11H,12-13H2,1-4H3. The number of rotatable bonds is 8. The Morgan fingerprint density at radius 2 is 1.66 bits per heavy atom. The third-order valence-electron chi connectivity index (χ3n) is 4.26. The highest BCUT2D eigenvalue weighted by molar-refractivity contribution is 5.77. The van der Waals surface area contributed by atoms with Gasteiger partial charge in [0.25, 0.3) is 5.91 Å². The molecule has 0 saturated carbocycles. The molecular formula is C21H23N3O5. The molecule has 0 aliphatic heterocycles. The smallest absolute Gasteiger partial charge is 0.260 e. The molecule has 1 amide bonds. The molecule has 0 unspecified atom stereocenters. The van der Waals surface area contributed by atoms with Crippen molar-refractivity contribution in [1.29, 1.82) is 0 Å². The number of benzene rings is 2. The molecule has 0 spiro atoms. The van der Waals surface area contributed by atoms with E-state index in [2.05, 4.69) is 10.1 Å². The van der Waals surface area contributed by atoms with E-state index in [4.69, 9.17) is 18.7 Å². The van der Waals surface area contributed by atoms with Crippen molar-refractivity contribution >= 4 is 5.91 Å². The molecule has 0 N–H and O–H groups in total. The average molecular weight is 397 g/mol. The van der Waals surface area contributed by atoms with Crippen molar-refractivity contribution in [1.82, 2.24) is 15.0 Å². The van der Waals surface area contributed by atoms with Crippen LogP contribution in [0.25, 0.3) is 11.4 Å². The molecule has 1 aromatic heterocycles. The number of ether oxygens (including phenoxy) is 3. The van der Waals surface area contributed by atoms with Gasteiger partial charge in [-0.3, -0.25) is 4.79 Å². The van der Waals surface area contributed by atoms with Crippen LogP contribution in [0.1, 0.15) is 11.5 Å². The van der Waals surface area contributed by atoms with Crippen molar-refractivity contribution in [3.63, 3.8) is 0 Å². The second kappa shape index (κ2) is 9.09. The summed E-state index contributed by atoms with van der Waals surface area (Å²) in [5, 5.41) is 3.98. The van der Waals surface area contributed by atoms with Gasteiger partial charge in [0.2, 0.25) is 11.7 Å². The molecule has 8 nitrogen and oxygen atoms in total. The summed E-state index contributed by atoms with van der Waals surface area (Å²) in [4.78, 5) is 18.2. The Bertz CT molecular complexity index is 946. The summed E-state index contributed by atoms with van der Waals surface area (Å²) < 4.78 is 21.2. The van der Waals surface area contributed by atoms with E-state index in [1.165, 1.54) is 4.90 Å². The largest absolute Gasteiger partial charge is 0.496 e. The van der Waals surface area contributed by atoms with E-state index in [0.29, 0.717) is 29.0 Å². The van der Waals surface area contributed by atoms with Crippen molar-refractivity contribution in [2.45, 2.75) is 13.5 Å². The lowest BCUT2D eigenvalue weighted by atomic mass is 10.1. The lowest BCUT2D eigenvalue weighted by molar-refractivity contribution is -0.132. The van der Waals surface area contributed by atoms with Gasteiger partial charge in [-0.25, -0.2) is 0 Å². The molecule has 8 heteroatoms.